The predicted octanol–water partition coefficient (Wildman–Crippen LogP) is 3.12. The summed E-state index contributed by atoms with van der Waals surface area (Å²) in [4.78, 5) is 1.65. The minimum atomic E-state index is -3.47. The number of benzene rings is 1. The van der Waals surface area contributed by atoms with Crippen LogP contribution in [0, 0.1) is 13.8 Å². The fourth-order valence-electron chi connectivity index (χ4n) is 2.96. The first-order chi connectivity index (χ1) is 10.4. The number of hydrogen-bond donors (Lipinski definition) is 0. The van der Waals surface area contributed by atoms with E-state index in [1.54, 1.807) is 34.9 Å². The normalized spacial score (nSPS) is 15.6. The van der Waals surface area contributed by atoms with E-state index in [1.807, 2.05) is 25.3 Å². The molecule has 3 rings (SSSR count). The zero-order valence-corrected chi connectivity index (χ0v) is 14.6. The Morgan fingerprint density at radius 1 is 1.23 bits per heavy atom. The Morgan fingerprint density at radius 3 is 2.55 bits per heavy atom. The second-order valence-electron chi connectivity index (χ2n) is 5.55. The van der Waals surface area contributed by atoms with E-state index in [4.69, 9.17) is 4.74 Å². The lowest BCUT2D eigenvalue weighted by molar-refractivity contribution is 0.393. The molecule has 6 heteroatoms. The topological polar surface area (TPSA) is 46.6 Å². The van der Waals surface area contributed by atoms with Crippen LogP contribution < -0.4 is 4.74 Å². The van der Waals surface area contributed by atoms with E-state index >= 15 is 0 Å². The quantitative estimate of drug-likeness (QED) is 0.864. The Kier molecular flexibility index (Phi) is 4.01. The van der Waals surface area contributed by atoms with E-state index in [9.17, 15) is 8.42 Å². The fraction of sp³-hybridized carbons (Fsp3) is 0.375. The standard InChI is InChI=1S/C16H19NO3S2/c1-11-8-14(9-12(2)16(11)20-3)22(18,19)17-6-4-15-13(10-17)5-7-21-15/h5,7-9H,4,6,10H2,1-3H3. The molecule has 0 spiro atoms. The molecule has 118 valence electrons. The van der Waals surface area contributed by atoms with Crippen molar-refractivity contribution in [2.24, 2.45) is 0 Å². The van der Waals surface area contributed by atoms with Gasteiger partial charge in [-0.1, -0.05) is 0 Å². The van der Waals surface area contributed by atoms with Crippen molar-refractivity contribution >= 4 is 21.4 Å². The summed E-state index contributed by atoms with van der Waals surface area (Å²) >= 11 is 1.71. The lowest BCUT2D eigenvalue weighted by Crippen LogP contribution is -2.35. The van der Waals surface area contributed by atoms with Gasteiger partial charge in [0.2, 0.25) is 10.0 Å². The van der Waals surface area contributed by atoms with Gasteiger partial charge in [-0.05, 0) is 60.5 Å². The van der Waals surface area contributed by atoms with E-state index < -0.39 is 10.0 Å². The smallest absolute Gasteiger partial charge is 0.243 e. The molecule has 0 saturated carbocycles. The van der Waals surface area contributed by atoms with Crippen molar-refractivity contribution in [1.82, 2.24) is 4.31 Å². The van der Waals surface area contributed by atoms with Gasteiger partial charge < -0.3 is 4.74 Å². The van der Waals surface area contributed by atoms with Gasteiger partial charge in [-0.15, -0.1) is 11.3 Å². The third kappa shape index (κ3) is 2.55. The Hall–Kier alpha value is -1.37. The molecule has 0 atom stereocenters. The van der Waals surface area contributed by atoms with Crippen LogP contribution in [-0.2, 0) is 23.0 Å². The number of sulfonamides is 1. The molecule has 22 heavy (non-hydrogen) atoms. The summed E-state index contributed by atoms with van der Waals surface area (Å²) < 4.78 is 32.7. The molecule has 0 aliphatic carbocycles. The number of ether oxygens (including phenoxy) is 1. The van der Waals surface area contributed by atoms with E-state index in [0.717, 1.165) is 28.9 Å². The van der Waals surface area contributed by atoms with Gasteiger partial charge in [0.25, 0.3) is 0 Å². The average molecular weight is 337 g/mol. The van der Waals surface area contributed by atoms with Gasteiger partial charge in [0.05, 0.1) is 12.0 Å². The third-order valence-electron chi connectivity index (χ3n) is 4.05. The molecule has 0 bridgehead atoms. The molecule has 0 N–H and O–H groups in total. The zero-order valence-electron chi connectivity index (χ0n) is 12.9. The molecule has 1 aromatic carbocycles. The molecule has 1 aliphatic rings. The van der Waals surface area contributed by atoms with Crippen LogP contribution in [0.3, 0.4) is 0 Å². The zero-order chi connectivity index (χ0) is 15.9. The maximum absolute atomic E-state index is 12.9. The van der Waals surface area contributed by atoms with Gasteiger partial charge >= 0.3 is 0 Å². The molecule has 0 fully saturated rings. The van der Waals surface area contributed by atoms with Crippen molar-refractivity contribution < 1.29 is 13.2 Å². The van der Waals surface area contributed by atoms with E-state index in [0.29, 0.717) is 18.0 Å². The van der Waals surface area contributed by atoms with E-state index in [-0.39, 0.29) is 0 Å². The van der Waals surface area contributed by atoms with Gasteiger partial charge in [-0.2, -0.15) is 4.31 Å². The number of methoxy groups -OCH3 is 1. The van der Waals surface area contributed by atoms with Gasteiger partial charge in [-0.3, -0.25) is 0 Å². The highest BCUT2D eigenvalue weighted by Gasteiger charge is 2.29. The summed E-state index contributed by atoms with van der Waals surface area (Å²) in [5.74, 6) is 0.748. The molecule has 0 unspecified atom stereocenters. The monoisotopic (exact) mass is 337 g/mol. The second kappa shape index (κ2) is 5.68. The molecule has 2 aromatic rings. The van der Waals surface area contributed by atoms with Crippen LogP contribution in [0.2, 0.25) is 0 Å². The van der Waals surface area contributed by atoms with E-state index in [2.05, 4.69) is 0 Å². The highest BCUT2D eigenvalue weighted by Crippen LogP contribution is 2.31. The third-order valence-corrected chi connectivity index (χ3v) is 6.89. The largest absolute Gasteiger partial charge is 0.496 e. The minimum absolute atomic E-state index is 0.349. The molecular weight excluding hydrogens is 318 g/mol. The highest BCUT2D eigenvalue weighted by molar-refractivity contribution is 7.89. The lowest BCUT2D eigenvalue weighted by Gasteiger charge is -2.26. The Morgan fingerprint density at radius 2 is 1.91 bits per heavy atom. The first-order valence-corrected chi connectivity index (χ1v) is 9.46. The molecule has 0 radical (unpaired) electrons. The summed E-state index contributed by atoms with van der Waals surface area (Å²) in [5.41, 5.74) is 2.81. The van der Waals surface area contributed by atoms with Crippen LogP contribution in [-0.4, -0.2) is 26.4 Å². The van der Waals surface area contributed by atoms with Crippen molar-refractivity contribution in [1.29, 1.82) is 0 Å². The van der Waals surface area contributed by atoms with Gasteiger partial charge in [-0.25, -0.2) is 8.42 Å². The maximum Gasteiger partial charge on any atom is 0.243 e. The predicted molar refractivity (Wildman–Crippen MR) is 88.1 cm³/mol. The minimum Gasteiger partial charge on any atom is -0.496 e. The molecule has 1 aromatic heterocycles. The van der Waals surface area contributed by atoms with Crippen molar-refractivity contribution in [2.75, 3.05) is 13.7 Å². The lowest BCUT2D eigenvalue weighted by atomic mass is 10.1. The second-order valence-corrected chi connectivity index (χ2v) is 8.49. The number of fused-ring (bicyclic) bond motifs is 1. The average Bonchev–Trinajstić information content (AvgIpc) is 2.94. The van der Waals surface area contributed by atoms with Crippen LogP contribution in [0.15, 0.2) is 28.5 Å². The van der Waals surface area contributed by atoms with Crippen LogP contribution in [0.4, 0.5) is 0 Å². The first-order valence-electron chi connectivity index (χ1n) is 7.14. The Bertz CT molecular complexity index is 786. The van der Waals surface area contributed by atoms with Gasteiger partial charge in [0.15, 0.2) is 0 Å². The maximum atomic E-state index is 12.9. The van der Waals surface area contributed by atoms with Crippen LogP contribution in [0.5, 0.6) is 5.75 Å². The molecule has 0 amide bonds. The van der Waals surface area contributed by atoms with Crippen LogP contribution >= 0.6 is 11.3 Å². The Balaban J connectivity index is 1.97. The number of hydrogen-bond acceptors (Lipinski definition) is 4. The van der Waals surface area contributed by atoms with Crippen LogP contribution in [0.1, 0.15) is 21.6 Å². The van der Waals surface area contributed by atoms with Gasteiger partial charge in [0.1, 0.15) is 5.75 Å². The van der Waals surface area contributed by atoms with Crippen LogP contribution in [0.25, 0.3) is 0 Å². The number of nitrogens with zero attached hydrogens (tertiary/aromatic N) is 1. The highest BCUT2D eigenvalue weighted by atomic mass is 32.2. The molecule has 1 aliphatic heterocycles. The molecule has 4 nitrogen and oxygen atoms in total. The summed E-state index contributed by atoms with van der Waals surface area (Å²) in [7, 11) is -1.87. The fourth-order valence-corrected chi connectivity index (χ4v) is 5.44. The van der Waals surface area contributed by atoms with E-state index in [1.165, 1.54) is 4.88 Å². The number of rotatable bonds is 3. The summed E-state index contributed by atoms with van der Waals surface area (Å²) in [5, 5.41) is 2.03. The molecule has 0 saturated heterocycles. The van der Waals surface area contributed by atoms with Crippen molar-refractivity contribution in [3.63, 3.8) is 0 Å². The number of aryl methyl sites for hydroxylation is 2. The molecule has 2 heterocycles. The van der Waals surface area contributed by atoms with Gasteiger partial charge in [0, 0.05) is 18.0 Å². The first kappa shape index (κ1) is 15.5. The Labute approximate surface area is 135 Å². The number of thiophene rings is 1. The van der Waals surface area contributed by atoms with Crippen molar-refractivity contribution in [3.05, 3.63) is 45.1 Å². The van der Waals surface area contributed by atoms with Crippen molar-refractivity contribution in [2.45, 2.75) is 31.7 Å². The summed E-state index contributed by atoms with van der Waals surface area (Å²) in [6, 6.07) is 5.42. The molecular formula is C16H19NO3S2. The SMILES string of the molecule is COc1c(C)cc(S(=O)(=O)N2CCc3sccc3C2)cc1C. The van der Waals surface area contributed by atoms with Crippen molar-refractivity contribution in [3.8, 4) is 5.75 Å². The summed E-state index contributed by atoms with van der Waals surface area (Å²) in [6.45, 7) is 4.75. The summed E-state index contributed by atoms with van der Waals surface area (Å²) in [6.07, 6.45) is 0.792.